The molecule has 3 saturated heterocycles. The molecule has 1 aromatic carbocycles. The van der Waals surface area contributed by atoms with Crippen molar-refractivity contribution in [3.8, 4) is 0 Å². The largest absolute Gasteiger partial charge is 0.455 e. The van der Waals surface area contributed by atoms with Crippen molar-refractivity contribution in [1.29, 1.82) is 0 Å². The Balaban J connectivity index is 1.30. The number of aromatic nitrogens is 1. The van der Waals surface area contributed by atoms with E-state index in [1.54, 1.807) is 0 Å². The van der Waals surface area contributed by atoms with E-state index < -0.39 is 11.2 Å². The minimum Gasteiger partial charge on any atom is -0.455 e. The van der Waals surface area contributed by atoms with Gasteiger partial charge in [0.15, 0.2) is 18.5 Å². The highest BCUT2D eigenvalue weighted by Crippen LogP contribution is 2.42. The summed E-state index contributed by atoms with van der Waals surface area (Å²) < 4.78 is 20.9. The van der Waals surface area contributed by atoms with Crippen molar-refractivity contribution < 1.29 is 23.2 Å². The number of hydrogen-bond acceptors (Lipinski definition) is 4. The molecule has 0 radical (unpaired) electrons. The second-order valence-electron chi connectivity index (χ2n) is 10.7. The van der Waals surface area contributed by atoms with Crippen LogP contribution in [-0.2, 0) is 19.7 Å². The molecule has 3 aliphatic heterocycles. The van der Waals surface area contributed by atoms with E-state index in [0.717, 1.165) is 76.2 Å². The van der Waals surface area contributed by atoms with Gasteiger partial charge in [0.25, 0.3) is 5.91 Å². The van der Waals surface area contributed by atoms with E-state index >= 15 is 0 Å². The molecule has 4 fully saturated rings. The molecule has 2 aromatic rings. The molecular formula is C28H35FN3O3+. The van der Waals surface area contributed by atoms with Crippen molar-refractivity contribution in [1.82, 2.24) is 4.98 Å². The number of quaternary nitrogens is 1. The zero-order valence-corrected chi connectivity index (χ0v) is 20.3. The summed E-state index contributed by atoms with van der Waals surface area (Å²) in [6.45, 7) is 2.67. The SMILES string of the molecule is O=C(C[N+]12CCC(CC1)C(OC(=O)C1(c3ccccc3)CCCCCC1)C2)Nc1ccncc1F. The van der Waals surface area contributed by atoms with Crippen LogP contribution < -0.4 is 5.32 Å². The van der Waals surface area contributed by atoms with E-state index in [1.165, 1.54) is 12.3 Å². The van der Waals surface area contributed by atoms with Crippen LogP contribution >= 0.6 is 0 Å². The maximum absolute atomic E-state index is 14.0. The zero-order valence-electron chi connectivity index (χ0n) is 20.3. The molecule has 1 atom stereocenters. The number of amides is 1. The Bertz CT molecular complexity index is 1040. The van der Waals surface area contributed by atoms with Crippen LogP contribution in [0.4, 0.5) is 10.1 Å². The molecule has 35 heavy (non-hydrogen) atoms. The van der Waals surface area contributed by atoms with Crippen LogP contribution in [0.3, 0.4) is 0 Å². The predicted molar refractivity (Wildman–Crippen MR) is 131 cm³/mol. The van der Waals surface area contributed by atoms with Gasteiger partial charge in [0.2, 0.25) is 0 Å². The third kappa shape index (κ3) is 4.96. The number of rotatable bonds is 6. The monoisotopic (exact) mass is 480 g/mol. The molecule has 1 amide bonds. The zero-order chi connectivity index (χ0) is 24.3. The van der Waals surface area contributed by atoms with Crippen molar-refractivity contribution >= 4 is 17.6 Å². The molecule has 1 unspecified atom stereocenters. The summed E-state index contributed by atoms with van der Waals surface area (Å²) >= 11 is 0. The van der Waals surface area contributed by atoms with Crippen LogP contribution in [0.5, 0.6) is 0 Å². The molecule has 0 spiro atoms. The number of hydrogen-bond donors (Lipinski definition) is 1. The molecule has 186 valence electrons. The second kappa shape index (κ2) is 10.1. The number of fused-ring (bicyclic) bond motifs is 3. The molecule has 7 heteroatoms. The van der Waals surface area contributed by atoms with Gasteiger partial charge in [0.05, 0.1) is 30.4 Å². The topological polar surface area (TPSA) is 68.3 Å². The first-order valence-electron chi connectivity index (χ1n) is 13.0. The Morgan fingerprint density at radius 1 is 1.06 bits per heavy atom. The molecule has 6 nitrogen and oxygen atoms in total. The lowest BCUT2D eigenvalue weighted by atomic mass is 9.74. The highest BCUT2D eigenvalue weighted by molar-refractivity contribution is 5.91. The summed E-state index contributed by atoms with van der Waals surface area (Å²) in [5.41, 5.74) is 0.636. The normalized spacial score (nSPS) is 27.6. The fourth-order valence-corrected chi connectivity index (χ4v) is 6.50. The summed E-state index contributed by atoms with van der Waals surface area (Å²) in [7, 11) is 0. The average molecular weight is 481 g/mol. The number of esters is 1. The van der Waals surface area contributed by atoms with E-state index in [1.807, 2.05) is 18.2 Å². The maximum Gasteiger partial charge on any atom is 0.317 e. The highest BCUT2D eigenvalue weighted by Gasteiger charge is 2.51. The van der Waals surface area contributed by atoms with Crippen molar-refractivity contribution in [2.24, 2.45) is 5.92 Å². The molecule has 1 aliphatic carbocycles. The van der Waals surface area contributed by atoms with Crippen LogP contribution in [0, 0.1) is 11.7 Å². The van der Waals surface area contributed by atoms with Gasteiger partial charge < -0.3 is 14.5 Å². The van der Waals surface area contributed by atoms with Crippen LogP contribution in [0.2, 0.25) is 0 Å². The first-order chi connectivity index (χ1) is 17.0. The summed E-state index contributed by atoms with van der Waals surface area (Å²) in [6.07, 6.45) is 10.3. The fourth-order valence-electron chi connectivity index (χ4n) is 6.50. The van der Waals surface area contributed by atoms with E-state index in [9.17, 15) is 14.0 Å². The van der Waals surface area contributed by atoms with Crippen molar-refractivity contribution in [3.63, 3.8) is 0 Å². The summed E-state index contributed by atoms with van der Waals surface area (Å²) in [6, 6.07) is 11.6. The van der Waals surface area contributed by atoms with Gasteiger partial charge in [-0.15, -0.1) is 0 Å². The number of nitrogens with one attached hydrogen (secondary N) is 1. The molecular weight excluding hydrogens is 445 g/mol. The second-order valence-corrected chi connectivity index (χ2v) is 10.7. The molecule has 6 rings (SSSR count). The first kappa shape index (κ1) is 23.9. The van der Waals surface area contributed by atoms with E-state index in [4.69, 9.17) is 4.74 Å². The van der Waals surface area contributed by atoms with E-state index in [0.29, 0.717) is 16.9 Å². The minimum atomic E-state index is -0.579. The summed E-state index contributed by atoms with van der Waals surface area (Å²) in [5, 5.41) is 2.70. The number of pyridine rings is 1. The highest BCUT2D eigenvalue weighted by atomic mass is 19.1. The van der Waals surface area contributed by atoms with Crippen LogP contribution in [0.15, 0.2) is 48.8 Å². The van der Waals surface area contributed by atoms with E-state index in [2.05, 4.69) is 22.4 Å². The van der Waals surface area contributed by atoms with Crippen LogP contribution in [-0.4, -0.2) is 53.6 Å². The number of benzene rings is 1. The number of piperidine rings is 3. The fraction of sp³-hybridized carbons (Fsp3) is 0.536. The Kier molecular flexibility index (Phi) is 6.87. The molecule has 1 saturated carbocycles. The molecule has 1 N–H and O–H groups in total. The third-order valence-corrected chi connectivity index (χ3v) is 8.50. The lowest BCUT2D eigenvalue weighted by molar-refractivity contribution is -0.939. The molecule has 4 aliphatic rings. The number of ether oxygens (including phenoxy) is 1. The van der Waals surface area contributed by atoms with Crippen LogP contribution in [0.1, 0.15) is 56.9 Å². The molecule has 4 heterocycles. The Labute approximate surface area is 206 Å². The first-order valence-corrected chi connectivity index (χ1v) is 13.0. The average Bonchev–Trinajstić information content (AvgIpc) is 3.14. The van der Waals surface area contributed by atoms with Gasteiger partial charge in [0, 0.05) is 25.0 Å². The third-order valence-electron chi connectivity index (χ3n) is 8.50. The van der Waals surface area contributed by atoms with Gasteiger partial charge >= 0.3 is 5.97 Å². The quantitative estimate of drug-likeness (QED) is 0.373. The van der Waals surface area contributed by atoms with Gasteiger partial charge in [-0.05, 0) is 24.5 Å². The summed E-state index contributed by atoms with van der Waals surface area (Å²) in [4.78, 5) is 30.4. The lowest BCUT2D eigenvalue weighted by Gasteiger charge is -2.52. The van der Waals surface area contributed by atoms with Gasteiger partial charge in [0.1, 0.15) is 6.54 Å². The van der Waals surface area contributed by atoms with Gasteiger partial charge in [-0.25, -0.2) is 4.39 Å². The van der Waals surface area contributed by atoms with Crippen molar-refractivity contribution in [2.75, 3.05) is 31.5 Å². The Morgan fingerprint density at radius 2 is 1.77 bits per heavy atom. The lowest BCUT2D eigenvalue weighted by Crippen LogP contribution is -2.66. The predicted octanol–water partition coefficient (Wildman–Crippen LogP) is 4.60. The smallest absolute Gasteiger partial charge is 0.317 e. The van der Waals surface area contributed by atoms with Crippen molar-refractivity contribution in [2.45, 2.75) is 62.9 Å². The van der Waals surface area contributed by atoms with Gasteiger partial charge in [-0.3, -0.25) is 14.6 Å². The Morgan fingerprint density at radius 3 is 2.46 bits per heavy atom. The van der Waals surface area contributed by atoms with Crippen molar-refractivity contribution in [3.05, 3.63) is 60.2 Å². The standard InChI is InChI=1S/C28H34FN3O3/c29-23-18-30-15-10-24(23)31-26(33)20-32-16-11-21(12-17-32)25(19-32)35-27(34)28(13-6-1-2-7-14-28)22-8-4-3-5-9-22/h3-5,8-10,15,18,21,25H,1-2,6-7,11-14,16-17,19-20H2/p+1. The minimum absolute atomic E-state index is 0.0918. The maximum atomic E-state index is 14.0. The molecule has 2 bridgehead atoms. The summed E-state index contributed by atoms with van der Waals surface area (Å²) in [5.74, 6) is -0.506. The number of halogens is 1. The van der Waals surface area contributed by atoms with Gasteiger partial charge in [-0.2, -0.15) is 0 Å². The van der Waals surface area contributed by atoms with E-state index in [-0.39, 0.29) is 30.2 Å². The number of anilines is 1. The Hall–Kier alpha value is -2.80. The van der Waals surface area contributed by atoms with Crippen LogP contribution in [0.25, 0.3) is 0 Å². The molecule has 1 aromatic heterocycles. The number of carbonyl (C=O) groups excluding carboxylic acids is 2. The number of carbonyl (C=O) groups is 2. The number of nitrogens with zero attached hydrogens (tertiary/aromatic N) is 2. The van der Waals surface area contributed by atoms with Gasteiger partial charge in [-0.1, -0.05) is 56.0 Å².